The highest BCUT2D eigenvalue weighted by Gasteiger charge is 2.01. The molecule has 5 heteroatoms. The van der Waals surface area contributed by atoms with Crippen molar-refractivity contribution in [1.82, 2.24) is 4.98 Å². The van der Waals surface area contributed by atoms with Crippen LogP contribution in [0, 0.1) is 17.1 Å². The fourth-order valence-electron chi connectivity index (χ4n) is 1.04. The van der Waals surface area contributed by atoms with Gasteiger partial charge in [0, 0.05) is 5.69 Å². The van der Waals surface area contributed by atoms with Crippen molar-refractivity contribution in [3.05, 3.63) is 41.2 Å². The van der Waals surface area contributed by atoms with E-state index in [-0.39, 0.29) is 5.82 Å². The predicted molar refractivity (Wildman–Crippen MR) is 56.5 cm³/mol. The highest BCUT2D eigenvalue weighted by atomic mass is 32.1. The molecule has 15 heavy (non-hydrogen) atoms. The summed E-state index contributed by atoms with van der Waals surface area (Å²) in [5.74, 6) is -0.280. The van der Waals surface area contributed by atoms with E-state index < -0.39 is 0 Å². The van der Waals surface area contributed by atoms with Gasteiger partial charge in [0.2, 0.25) is 0 Å². The van der Waals surface area contributed by atoms with Gasteiger partial charge >= 0.3 is 0 Å². The average Bonchev–Trinajstić information content (AvgIpc) is 2.69. The first-order valence-electron chi connectivity index (χ1n) is 4.16. The number of anilines is 2. The zero-order valence-electron chi connectivity index (χ0n) is 7.57. The van der Waals surface area contributed by atoms with E-state index in [1.807, 2.05) is 6.07 Å². The second-order valence-corrected chi connectivity index (χ2v) is 3.80. The Bertz CT molecular complexity index is 498. The summed E-state index contributed by atoms with van der Waals surface area (Å²) < 4.78 is 12.6. The van der Waals surface area contributed by atoms with Crippen LogP contribution in [0.25, 0.3) is 0 Å². The fraction of sp³-hybridized carbons (Fsp3) is 0. The summed E-state index contributed by atoms with van der Waals surface area (Å²) in [6, 6.07) is 7.95. The van der Waals surface area contributed by atoms with E-state index in [0.717, 1.165) is 5.69 Å². The highest BCUT2D eigenvalue weighted by Crippen LogP contribution is 2.21. The molecule has 0 amide bonds. The van der Waals surface area contributed by atoms with Crippen molar-refractivity contribution >= 4 is 22.2 Å². The van der Waals surface area contributed by atoms with Gasteiger partial charge < -0.3 is 5.32 Å². The third-order valence-corrected chi connectivity index (χ3v) is 2.53. The molecule has 1 heterocycles. The molecule has 0 saturated heterocycles. The van der Waals surface area contributed by atoms with Gasteiger partial charge in [-0.2, -0.15) is 5.26 Å². The summed E-state index contributed by atoms with van der Waals surface area (Å²) in [5, 5.41) is 12.2. The lowest BCUT2D eigenvalue weighted by molar-refractivity contribution is 0.628. The molecule has 2 aromatic rings. The standard InChI is InChI=1S/C10H6FN3S/c11-7-1-3-8(4-2-7)14-10-13-6-9(5-12)15-10/h1-4,6H,(H,13,14). The molecule has 0 atom stereocenters. The summed E-state index contributed by atoms with van der Waals surface area (Å²) in [6.45, 7) is 0. The number of benzene rings is 1. The molecule has 1 N–H and O–H groups in total. The molecule has 0 aliphatic carbocycles. The normalized spacial score (nSPS) is 9.60. The van der Waals surface area contributed by atoms with Gasteiger partial charge in [-0.15, -0.1) is 0 Å². The van der Waals surface area contributed by atoms with Crippen molar-refractivity contribution in [2.24, 2.45) is 0 Å². The van der Waals surface area contributed by atoms with Gasteiger partial charge in [-0.3, -0.25) is 0 Å². The topological polar surface area (TPSA) is 48.7 Å². The minimum Gasteiger partial charge on any atom is -0.332 e. The van der Waals surface area contributed by atoms with Crippen molar-refractivity contribution in [2.75, 3.05) is 5.32 Å². The molecule has 0 fully saturated rings. The summed E-state index contributed by atoms with van der Waals surface area (Å²) in [4.78, 5) is 4.54. The SMILES string of the molecule is N#Cc1cnc(Nc2ccc(F)cc2)s1. The minimum atomic E-state index is -0.280. The number of rotatable bonds is 2. The van der Waals surface area contributed by atoms with Crippen molar-refractivity contribution in [3.63, 3.8) is 0 Å². The molecule has 2 rings (SSSR count). The molecule has 0 radical (unpaired) electrons. The molecule has 0 spiro atoms. The second kappa shape index (κ2) is 4.07. The molecule has 0 saturated carbocycles. The lowest BCUT2D eigenvalue weighted by Gasteiger charge is -2.00. The monoisotopic (exact) mass is 219 g/mol. The van der Waals surface area contributed by atoms with Crippen LogP contribution in [-0.4, -0.2) is 4.98 Å². The molecule has 0 bridgehead atoms. The number of thiazole rings is 1. The summed E-state index contributed by atoms with van der Waals surface area (Å²) >= 11 is 1.25. The predicted octanol–water partition coefficient (Wildman–Crippen LogP) is 2.90. The Hall–Kier alpha value is -1.93. The van der Waals surface area contributed by atoms with E-state index in [1.165, 1.54) is 29.7 Å². The lowest BCUT2D eigenvalue weighted by atomic mass is 10.3. The Morgan fingerprint density at radius 3 is 2.67 bits per heavy atom. The fourth-order valence-corrected chi connectivity index (χ4v) is 1.67. The summed E-state index contributed by atoms with van der Waals surface area (Å²) in [6.07, 6.45) is 1.50. The lowest BCUT2D eigenvalue weighted by Crippen LogP contribution is -1.88. The summed E-state index contributed by atoms with van der Waals surface area (Å²) in [5.41, 5.74) is 0.746. The third-order valence-electron chi connectivity index (χ3n) is 1.71. The molecule has 1 aromatic carbocycles. The first-order valence-corrected chi connectivity index (χ1v) is 4.98. The molecule has 0 unspecified atom stereocenters. The number of hydrogen-bond acceptors (Lipinski definition) is 4. The van der Waals surface area contributed by atoms with Gasteiger partial charge in [0.25, 0.3) is 0 Å². The molecular weight excluding hydrogens is 213 g/mol. The zero-order chi connectivity index (χ0) is 10.7. The molecule has 1 aromatic heterocycles. The van der Waals surface area contributed by atoms with Crippen LogP contribution in [0.4, 0.5) is 15.2 Å². The molecule has 3 nitrogen and oxygen atoms in total. The van der Waals surface area contributed by atoms with E-state index in [9.17, 15) is 4.39 Å². The van der Waals surface area contributed by atoms with Crippen molar-refractivity contribution in [2.45, 2.75) is 0 Å². The van der Waals surface area contributed by atoms with Gasteiger partial charge in [0.1, 0.15) is 16.8 Å². The number of nitrogens with zero attached hydrogens (tertiary/aromatic N) is 2. The van der Waals surface area contributed by atoms with Crippen molar-refractivity contribution < 1.29 is 4.39 Å². The Morgan fingerprint density at radius 2 is 2.07 bits per heavy atom. The van der Waals surface area contributed by atoms with Crippen LogP contribution in [0.3, 0.4) is 0 Å². The minimum absolute atomic E-state index is 0.280. The maximum atomic E-state index is 12.6. The maximum Gasteiger partial charge on any atom is 0.188 e. The van der Waals surface area contributed by atoms with Gasteiger partial charge in [-0.1, -0.05) is 11.3 Å². The first-order chi connectivity index (χ1) is 7.28. The van der Waals surface area contributed by atoms with Gasteiger partial charge in [-0.05, 0) is 24.3 Å². The molecule has 0 aliphatic rings. The van der Waals surface area contributed by atoms with Crippen LogP contribution in [0.15, 0.2) is 30.5 Å². The third kappa shape index (κ3) is 2.30. The Balaban J connectivity index is 2.15. The van der Waals surface area contributed by atoms with Crippen molar-refractivity contribution in [3.8, 4) is 6.07 Å². The van der Waals surface area contributed by atoms with Crippen LogP contribution < -0.4 is 5.32 Å². The van der Waals surface area contributed by atoms with Crippen LogP contribution in [0.2, 0.25) is 0 Å². The number of nitriles is 1. The molecule has 0 aliphatic heterocycles. The second-order valence-electron chi connectivity index (χ2n) is 2.77. The maximum absolute atomic E-state index is 12.6. The first kappa shape index (κ1) is 9.62. The number of hydrogen-bond donors (Lipinski definition) is 1. The highest BCUT2D eigenvalue weighted by molar-refractivity contribution is 7.16. The Labute approximate surface area is 89.8 Å². The average molecular weight is 219 g/mol. The largest absolute Gasteiger partial charge is 0.332 e. The van der Waals surface area contributed by atoms with E-state index in [0.29, 0.717) is 10.0 Å². The Kier molecular flexibility index (Phi) is 2.61. The van der Waals surface area contributed by atoms with Crippen LogP contribution >= 0.6 is 11.3 Å². The summed E-state index contributed by atoms with van der Waals surface area (Å²) in [7, 11) is 0. The van der Waals surface area contributed by atoms with Crippen LogP contribution in [0.5, 0.6) is 0 Å². The van der Waals surface area contributed by atoms with E-state index >= 15 is 0 Å². The smallest absolute Gasteiger partial charge is 0.188 e. The van der Waals surface area contributed by atoms with Gasteiger partial charge in [0.05, 0.1) is 6.20 Å². The van der Waals surface area contributed by atoms with E-state index in [1.54, 1.807) is 12.1 Å². The molecular formula is C10H6FN3S. The van der Waals surface area contributed by atoms with E-state index in [2.05, 4.69) is 10.3 Å². The van der Waals surface area contributed by atoms with Crippen LogP contribution in [-0.2, 0) is 0 Å². The number of aromatic nitrogens is 1. The van der Waals surface area contributed by atoms with Crippen molar-refractivity contribution in [1.29, 1.82) is 5.26 Å². The van der Waals surface area contributed by atoms with Gasteiger partial charge in [-0.25, -0.2) is 9.37 Å². The quantitative estimate of drug-likeness (QED) is 0.844. The van der Waals surface area contributed by atoms with Crippen LogP contribution in [0.1, 0.15) is 4.88 Å². The zero-order valence-corrected chi connectivity index (χ0v) is 8.38. The number of nitrogens with one attached hydrogen (secondary N) is 1. The van der Waals surface area contributed by atoms with E-state index in [4.69, 9.17) is 5.26 Å². The van der Waals surface area contributed by atoms with Gasteiger partial charge in [0.15, 0.2) is 5.13 Å². The molecule has 74 valence electrons. The number of halogens is 1. The Morgan fingerprint density at radius 1 is 1.33 bits per heavy atom.